The van der Waals surface area contributed by atoms with Crippen LogP contribution in [0.2, 0.25) is 0 Å². The van der Waals surface area contributed by atoms with Crippen LogP contribution in [0, 0.1) is 10.8 Å². The predicted octanol–water partition coefficient (Wildman–Crippen LogP) is 5.08. The summed E-state index contributed by atoms with van der Waals surface area (Å²) in [5.74, 6) is 0. The highest BCUT2D eigenvalue weighted by Gasteiger charge is 2.49. The predicted molar refractivity (Wildman–Crippen MR) is 96.3 cm³/mol. The van der Waals surface area contributed by atoms with Gasteiger partial charge in [-0.05, 0) is 25.2 Å². The molecule has 140 valence electrons. The Kier molecular flexibility index (Phi) is 5.45. The zero-order chi connectivity index (χ0) is 17.6. The van der Waals surface area contributed by atoms with Crippen molar-refractivity contribution in [2.45, 2.75) is 46.2 Å². The Morgan fingerprint density at radius 2 is 1.21 bits per heavy atom. The van der Waals surface area contributed by atoms with E-state index in [-0.39, 0.29) is 16.5 Å². The van der Waals surface area contributed by atoms with Gasteiger partial charge in [0.1, 0.15) is 0 Å². The summed E-state index contributed by atoms with van der Waals surface area (Å²) in [5.41, 5.74) is -0.251. The van der Waals surface area contributed by atoms with Gasteiger partial charge in [0.25, 0.3) is 0 Å². The van der Waals surface area contributed by atoms with Crippen LogP contribution in [0.4, 0.5) is 0 Å². The van der Waals surface area contributed by atoms with Crippen molar-refractivity contribution in [2.24, 2.45) is 10.8 Å². The van der Waals surface area contributed by atoms with E-state index in [4.69, 9.17) is 18.1 Å². The minimum absolute atomic E-state index is 0.0806. The van der Waals surface area contributed by atoms with E-state index in [0.717, 1.165) is 12.3 Å². The Morgan fingerprint density at radius 3 is 1.67 bits per heavy atom. The third kappa shape index (κ3) is 4.17. The lowest BCUT2D eigenvalue weighted by atomic mass is 9.97. The highest BCUT2D eigenvalue weighted by atomic mass is 32.1. The second-order valence-corrected chi connectivity index (χ2v) is 17.5. The minimum atomic E-state index is -3.04. The summed E-state index contributed by atoms with van der Waals surface area (Å²) in [4.78, 5) is 0. The van der Waals surface area contributed by atoms with Crippen LogP contribution in [-0.2, 0) is 27.2 Å². The zero-order valence-corrected chi connectivity index (χ0v) is 17.7. The van der Waals surface area contributed by atoms with Gasteiger partial charge in [-0.25, -0.2) is 0 Å². The van der Waals surface area contributed by atoms with E-state index in [0.29, 0.717) is 39.3 Å². The van der Waals surface area contributed by atoms with Crippen LogP contribution in [0.5, 0.6) is 0 Å². The largest absolute Gasteiger partial charge is 0.349 e. The summed E-state index contributed by atoms with van der Waals surface area (Å²) >= 11 is 0. The second kappa shape index (κ2) is 6.71. The molecule has 0 bridgehead atoms. The molecule has 24 heavy (non-hydrogen) atoms. The summed E-state index contributed by atoms with van der Waals surface area (Å²) in [6, 6.07) is 0. The fourth-order valence-corrected chi connectivity index (χ4v) is 12.7. The first-order valence-electron chi connectivity index (χ1n) is 8.57. The van der Waals surface area contributed by atoms with Gasteiger partial charge in [-0.15, -0.1) is 0 Å². The van der Waals surface area contributed by atoms with E-state index >= 15 is 0 Å². The smallest absolute Gasteiger partial charge is 0.308 e. The number of hydrogen-bond donors (Lipinski definition) is 0. The van der Waals surface area contributed by atoms with Gasteiger partial charge in [0.05, 0.1) is 32.1 Å². The molecule has 0 spiro atoms. The highest BCUT2D eigenvalue weighted by molar-refractivity contribution is 8.28. The molecular formula is C15H29O6P3. The molecule has 0 unspecified atom stereocenters. The molecule has 9 heteroatoms. The van der Waals surface area contributed by atoms with Crippen molar-refractivity contribution >= 4 is 22.5 Å². The van der Waals surface area contributed by atoms with Crippen LogP contribution in [0.1, 0.15) is 40.5 Å². The van der Waals surface area contributed by atoms with Gasteiger partial charge in [0.15, 0.2) is 0 Å². The molecule has 3 heterocycles. The lowest BCUT2D eigenvalue weighted by molar-refractivity contribution is 0.0374. The van der Waals surface area contributed by atoms with E-state index in [2.05, 4.69) is 0 Å². The third-order valence-corrected chi connectivity index (χ3v) is 14.3. The van der Waals surface area contributed by atoms with E-state index < -0.39 is 22.5 Å². The van der Waals surface area contributed by atoms with Crippen LogP contribution in [-0.4, -0.2) is 44.4 Å². The SMILES string of the molecule is CC1(C)COP(=O)(C2CCP(P3(=O)OCC(C)(C)CO3)CC2)OC1. The molecule has 6 nitrogen and oxygen atoms in total. The maximum atomic E-state index is 13.0. The van der Waals surface area contributed by atoms with E-state index in [1.807, 2.05) is 27.7 Å². The Labute approximate surface area is 146 Å². The summed E-state index contributed by atoms with van der Waals surface area (Å²) in [6.45, 7) is 10.1. The molecule has 0 aliphatic carbocycles. The lowest BCUT2D eigenvalue weighted by Crippen LogP contribution is -2.33. The summed E-state index contributed by atoms with van der Waals surface area (Å²) in [7, 11) is -6.85. The summed E-state index contributed by atoms with van der Waals surface area (Å²) in [5, 5.41) is 0. The van der Waals surface area contributed by atoms with Crippen LogP contribution in [0.3, 0.4) is 0 Å². The minimum Gasteiger partial charge on any atom is -0.308 e. The van der Waals surface area contributed by atoms with E-state index in [9.17, 15) is 9.13 Å². The van der Waals surface area contributed by atoms with Crippen molar-refractivity contribution in [1.82, 2.24) is 0 Å². The molecule has 0 N–H and O–H groups in total. The van der Waals surface area contributed by atoms with Gasteiger partial charge in [0.2, 0.25) is 0 Å². The van der Waals surface area contributed by atoms with Crippen LogP contribution in [0.25, 0.3) is 0 Å². The third-order valence-electron chi connectivity index (χ3n) is 4.74. The molecule has 0 radical (unpaired) electrons. The first-order chi connectivity index (χ1) is 11.0. The number of hydrogen-bond acceptors (Lipinski definition) is 6. The Hall–Kier alpha value is 0.730. The topological polar surface area (TPSA) is 71.1 Å². The molecule has 0 aromatic heterocycles. The molecule has 0 aromatic carbocycles. The van der Waals surface area contributed by atoms with Crippen LogP contribution < -0.4 is 0 Å². The van der Waals surface area contributed by atoms with Gasteiger partial charge >= 0.3 is 14.9 Å². The molecule has 0 saturated carbocycles. The summed E-state index contributed by atoms with van der Waals surface area (Å²) in [6.07, 6.45) is 2.92. The van der Waals surface area contributed by atoms with Crippen molar-refractivity contribution in [3.05, 3.63) is 0 Å². The Balaban J connectivity index is 1.57. The lowest BCUT2D eigenvalue weighted by Gasteiger charge is -2.42. The fourth-order valence-electron chi connectivity index (χ4n) is 2.99. The molecule has 3 fully saturated rings. The Morgan fingerprint density at radius 1 is 0.792 bits per heavy atom. The Bertz CT molecular complexity index is 490. The maximum Gasteiger partial charge on any atom is 0.349 e. The average Bonchev–Trinajstić information content (AvgIpc) is 2.54. The standard InChI is InChI=1S/C15H29O6P3/c1-14(2)9-18-23(16,19-10-14)13-5-7-22(8-6-13)24(17)20-11-15(3,4)12-21-24/h13H,5-12H2,1-4H3. The fraction of sp³-hybridized carbons (Fsp3) is 1.00. The van der Waals surface area contributed by atoms with Crippen molar-refractivity contribution in [3.8, 4) is 0 Å². The summed E-state index contributed by atoms with van der Waals surface area (Å²) < 4.78 is 48.6. The first-order valence-corrected chi connectivity index (χ1v) is 14.1. The van der Waals surface area contributed by atoms with E-state index in [1.54, 1.807) is 0 Å². The van der Waals surface area contributed by atoms with Crippen LogP contribution in [0.15, 0.2) is 0 Å². The van der Waals surface area contributed by atoms with E-state index in [1.165, 1.54) is 0 Å². The highest BCUT2D eigenvalue weighted by Crippen LogP contribution is 2.80. The van der Waals surface area contributed by atoms with Gasteiger partial charge in [0, 0.05) is 18.4 Å². The zero-order valence-electron chi connectivity index (χ0n) is 15.0. The van der Waals surface area contributed by atoms with Crippen LogP contribution >= 0.6 is 22.5 Å². The van der Waals surface area contributed by atoms with Gasteiger partial charge in [-0.1, -0.05) is 27.7 Å². The molecule has 3 rings (SSSR count). The van der Waals surface area contributed by atoms with Crippen molar-refractivity contribution in [1.29, 1.82) is 0 Å². The number of rotatable bonds is 2. The maximum absolute atomic E-state index is 13.0. The average molecular weight is 398 g/mol. The van der Waals surface area contributed by atoms with Gasteiger partial charge in [-0.3, -0.25) is 9.13 Å². The quantitative estimate of drug-likeness (QED) is 0.605. The molecule has 3 saturated heterocycles. The van der Waals surface area contributed by atoms with Crippen molar-refractivity contribution < 1.29 is 27.2 Å². The normalized spacial score (nSPS) is 37.7. The van der Waals surface area contributed by atoms with Gasteiger partial charge in [-0.2, -0.15) is 0 Å². The second-order valence-electron chi connectivity index (χ2n) is 8.62. The molecule has 0 atom stereocenters. The molecule has 3 aliphatic heterocycles. The van der Waals surface area contributed by atoms with Crippen molar-refractivity contribution in [3.63, 3.8) is 0 Å². The first kappa shape index (κ1) is 19.5. The molecule has 0 amide bonds. The van der Waals surface area contributed by atoms with Gasteiger partial charge < -0.3 is 18.1 Å². The molecular weight excluding hydrogens is 369 g/mol. The van der Waals surface area contributed by atoms with Crippen molar-refractivity contribution in [2.75, 3.05) is 38.8 Å². The molecule has 0 aromatic rings. The monoisotopic (exact) mass is 398 g/mol. The molecule has 3 aliphatic rings.